The first-order valence-corrected chi connectivity index (χ1v) is 5.49. The monoisotopic (exact) mass is 219 g/mol. The van der Waals surface area contributed by atoms with Crippen molar-refractivity contribution < 1.29 is 4.74 Å². The smallest absolute Gasteiger partial charge is 0.201 e. The summed E-state index contributed by atoms with van der Waals surface area (Å²) in [4.78, 5) is 4.37. The van der Waals surface area contributed by atoms with E-state index in [1.807, 2.05) is 18.2 Å². The second-order valence-corrected chi connectivity index (χ2v) is 3.93. The zero-order valence-electron chi connectivity index (χ0n) is 9.90. The number of aromatic nitrogens is 2. The highest BCUT2D eigenvalue weighted by Crippen LogP contribution is 2.29. The van der Waals surface area contributed by atoms with Gasteiger partial charge in [0.15, 0.2) is 0 Å². The molecular weight excluding hydrogens is 202 g/mol. The van der Waals surface area contributed by atoms with Crippen LogP contribution in [0.4, 0.5) is 5.95 Å². The molecular formula is C12H17N3O. The molecule has 1 atom stereocenters. The lowest BCUT2D eigenvalue weighted by Crippen LogP contribution is -2.07. The number of nitrogens with zero attached hydrogens (tertiary/aromatic N) is 2. The molecule has 1 aromatic heterocycles. The third-order valence-electron chi connectivity index (χ3n) is 2.96. The molecule has 0 bridgehead atoms. The lowest BCUT2D eigenvalue weighted by Gasteiger charge is -2.13. The topological polar surface area (TPSA) is 53.1 Å². The Morgan fingerprint density at radius 3 is 2.88 bits per heavy atom. The van der Waals surface area contributed by atoms with Gasteiger partial charge in [-0.05, 0) is 25.5 Å². The first-order valence-electron chi connectivity index (χ1n) is 5.49. The number of rotatable bonds is 3. The summed E-state index contributed by atoms with van der Waals surface area (Å²) in [5.41, 5.74) is 7.82. The Labute approximate surface area is 95.0 Å². The van der Waals surface area contributed by atoms with Gasteiger partial charge in [-0.15, -0.1) is 0 Å². The minimum absolute atomic E-state index is 0.345. The van der Waals surface area contributed by atoms with Gasteiger partial charge in [0.25, 0.3) is 0 Å². The first kappa shape index (κ1) is 10.8. The third kappa shape index (κ3) is 1.50. The van der Waals surface area contributed by atoms with Crippen molar-refractivity contribution in [3.63, 3.8) is 0 Å². The van der Waals surface area contributed by atoms with Gasteiger partial charge < -0.3 is 15.0 Å². The van der Waals surface area contributed by atoms with E-state index in [0.29, 0.717) is 12.0 Å². The van der Waals surface area contributed by atoms with Crippen LogP contribution in [0.3, 0.4) is 0 Å². The standard InChI is InChI=1S/C12H17N3O/c1-4-8(2)15-9-6-5-7-10(16-3)11(9)14-12(15)13/h5-8H,4H2,1-3H3,(H2,13,14). The summed E-state index contributed by atoms with van der Waals surface area (Å²) >= 11 is 0. The van der Waals surface area contributed by atoms with E-state index in [1.54, 1.807) is 7.11 Å². The number of fused-ring (bicyclic) bond motifs is 1. The van der Waals surface area contributed by atoms with E-state index in [4.69, 9.17) is 10.5 Å². The molecule has 0 saturated heterocycles. The van der Waals surface area contributed by atoms with Crippen molar-refractivity contribution in [2.45, 2.75) is 26.3 Å². The number of hydrogen-bond acceptors (Lipinski definition) is 3. The van der Waals surface area contributed by atoms with Crippen molar-refractivity contribution in [3.8, 4) is 5.75 Å². The summed E-state index contributed by atoms with van der Waals surface area (Å²) in [6.45, 7) is 4.27. The number of para-hydroxylation sites is 1. The second-order valence-electron chi connectivity index (χ2n) is 3.93. The fourth-order valence-corrected chi connectivity index (χ4v) is 1.92. The summed E-state index contributed by atoms with van der Waals surface area (Å²) in [6.07, 6.45) is 1.02. The molecule has 0 fully saturated rings. The molecule has 4 nitrogen and oxygen atoms in total. The first-order chi connectivity index (χ1) is 7.69. The van der Waals surface area contributed by atoms with Crippen LogP contribution < -0.4 is 10.5 Å². The highest BCUT2D eigenvalue weighted by atomic mass is 16.5. The maximum atomic E-state index is 5.95. The minimum Gasteiger partial charge on any atom is -0.494 e. The Morgan fingerprint density at radius 2 is 2.25 bits per heavy atom. The Morgan fingerprint density at radius 1 is 1.50 bits per heavy atom. The van der Waals surface area contributed by atoms with Crippen molar-refractivity contribution in [2.75, 3.05) is 12.8 Å². The molecule has 4 heteroatoms. The molecule has 0 amide bonds. The Hall–Kier alpha value is -1.71. The average molecular weight is 219 g/mol. The van der Waals surface area contributed by atoms with Crippen LogP contribution in [0.2, 0.25) is 0 Å². The van der Waals surface area contributed by atoms with Crippen molar-refractivity contribution >= 4 is 17.0 Å². The van der Waals surface area contributed by atoms with Gasteiger partial charge in [-0.2, -0.15) is 0 Å². The molecule has 1 unspecified atom stereocenters. The van der Waals surface area contributed by atoms with Gasteiger partial charge in [-0.3, -0.25) is 0 Å². The Bertz CT molecular complexity index is 504. The molecule has 1 heterocycles. The maximum absolute atomic E-state index is 5.95. The predicted molar refractivity (Wildman–Crippen MR) is 65.7 cm³/mol. The molecule has 2 N–H and O–H groups in total. The van der Waals surface area contributed by atoms with Crippen LogP contribution >= 0.6 is 0 Å². The van der Waals surface area contributed by atoms with Crippen molar-refractivity contribution in [1.29, 1.82) is 0 Å². The summed E-state index contributed by atoms with van der Waals surface area (Å²) < 4.78 is 7.33. The molecule has 0 spiro atoms. The number of ether oxygens (including phenoxy) is 1. The van der Waals surface area contributed by atoms with Gasteiger partial charge in [-0.1, -0.05) is 13.0 Å². The van der Waals surface area contributed by atoms with Crippen LogP contribution in [-0.2, 0) is 0 Å². The van der Waals surface area contributed by atoms with Crippen molar-refractivity contribution in [1.82, 2.24) is 9.55 Å². The lowest BCUT2D eigenvalue weighted by atomic mass is 10.2. The highest BCUT2D eigenvalue weighted by Gasteiger charge is 2.14. The Balaban J connectivity index is 2.71. The zero-order valence-corrected chi connectivity index (χ0v) is 9.90. The van der Waals surface area contributed by atoms with Crippen molar-refractivity contribution in [3.05, 3.63) is 18.2 Å². The summed E-state index contributed by atoms with van der Waals surface area (Å²) in [7, 11) is 1.65. The number of methoxy groups -OCH3 is 1. The molecule has 0 aliphatic rings. The molecule has 0 saturated carbocycles. The number of benzene rings is 1. The predicted octanol–water partition coefficient (Wildman–Crippen LogP) is 2.60. The van der Waals surface area contributed by atoms with Gasteiger partial charge in [0, 0.05) is 6.04 Å². The van der Waals surface area contributed by atoms with Crippen LogP contribution in [-0.4, -0.2) is 16.7 Å². The molecule has 2 aromatic rings. The molecule has 1 aromatic carbocycles. The fraction of sp³-hybridized carbons (Fsp3) is 0.417. The average Bonchev–Trinajstić information content (AvgIpc) is 2.63. The van der Waals surface area contributed by atoms with Crippen LogP contribution in [0, 0.1) is 0 Å². The molecule has 0 aliphatic heterocycles. The highest BCUT2D eigenvalue weighted by molar-refractivity contribution is 5.84. The zero-order chi connectivity index (χ0) is 11.7. The molecule has 0 radical (unpaired) electrons. The normalized spacial score (nSPS) is 12.9. The number of anilines is 1. The summed E-state index contributed by atoms with van der Waals surface area (Å²) in [5.74, 6) is 1.32. The lowest BCUT2D eigenvalue weighted by molar-refractivity contribution is 0.419. The quantitative estimate of drug-likeness (QED) is 0.863. The van der Waals surface area contributed by atoms with Gasteiger partial charge in [0.05, 0.1) is 12.6 Å². The van der Waals surface area contributed by atoms with Gasteiger partial charge in [-0.25, -0.2) is 4.98 Å². The largest absolute Gasteiger partial charge is 0.494 e. The Kier molecular flexibility index (Phi) is 2.73. The molecule has 86 valence electrons. The van der Waals surface area contributed by atoms with Crippen LogP contribution in [0.1, 0.15) is 26.3 Å². The molecule has 0 aliphatic carbocycles. The summed E-state index contributed by atoms with van der Waals surface area (Å²) in [6, 6.07) is 6.22. The second kappa shape index (κ2) is 4.04. The van der Waals surface area contributed by atoms with Crippen molar-refractivity contribution in [2.24, 2.45) is 0 Å². The maximum Gasteiger partial charge on any atom is 0.201 e. The van der Waals surface area contributed by atoms with Crippen LogP contribution in [0.25, 0.3) is 11.0 Å². The van der Waals surface area contributed by atoms with Crippen LogP contribution in [0.15, 0.2) is 18.2 Å². The number of nitrogens with two attached hydrogens (primary N) is 1. The number of imidazole rings is 1. The van der Waals surface area contributed by atoms with E-state index in [9.17, 15) is 0 Å². The van der Waals surface area contributed by atoms with Gasteiger partial charge in [0.1, 0.15) is 11.3 Å². The third-order valence-corrected chi connectivity index (χ3v) is 2.96. The van der Waals surface area contributed by atoms with Gasteiger partial charge in [0.2, 0.25) is 5.95 Å². The number of nitrogen functional groups attached to an aromatic ring is 1. The number of hydrogen-bond donors (Lipinski definition) is 1. The van der Waals surface area contributed by atoms with E-state index >= 15 is 0 Å². The van der Waals surface area contributed by atoms with E-state index in [0.717, 1.165) is 23.2 Å². The van der Waals surface area contributed by atoms with E-state index < -0.39 is 0 Å². The van der Waals surface area contributed by atoms with Gasteiger partial charge >= 0.3 is 0 Å². The fourth-order valence-electron chi connectivity index (χ4n) is 1.92. The van der Waals surface area contributed by atoms with E-state index in [2.05, 4.69) is 23.4 Å². The molecule has 16 heavy (non-hydrogen) atoms. The molecule has 2 rings (SSSR count). The minimum atomic E-state index is 0.345. The van der Waals surface area contributed by atoms with E-state index in [-0.39, 0.29) is 0 Å². The van der Waals surface area contributed by atoms with E-state index in [1.165, 1.54) is 0 Å². The summed E-state index contributed by atoms with van der Waals surface area (Å²) in [5, 5.41) is 0. The van der Waals surface area contributed by atoms with Crippen LogP contribution in [0.5, 0.6) is 5.75 Å². The SMILES string of the molecule is CCC(C)n1c(N)nc2c(OC)cccc21.